The van der Waals surface area contributed by atoms with Crippen LogP contribution in [0.15, 0.2) is 63.3 Å². The Kier molecular flexibility index (Phi) is 9.10. The molecule has 3 amide bonds. The number of alkyl carbamates (subject to hydrolysis) is 1. The number of sulfone groups is 1. The van der Waals surface area contributed by atoms with E-state index in [4.69, 9.17) is 0 Å². The van der Waals surface area contributed by atoms with Crippen LogP contribution in [0.25, 0.3) is 0 Å². The largest absolute Gasteiger partial charge is 0.453 e. The van der Waals surface area contributed by atoms with Crippen molar-refractivity contribution in [2.45, 2.75) is 42.9 Å². The van der Waals surface area contributed by atoms with Crippen molar-refractivity contribution in [1.82, 2.24) is 10.6 Å². The van der Waals surface area contributed by atoms with Crippen molar-refractivity contribution in [3.8, 4) is 0 Å². The number of methoxy groups -OCH3 is 1. The summed E-state index contributed by atoms with van der Waals surface area (Å²) < 4.78 is 30.7. The molecule has 176 valence electrons. The Morgan fingerprint density at radius 2 is 1.64 bits per heavy atom. The Bertz CT molecular complexity index is 1130. The number of nitrogens with zero attached hydrogens (tertiary/aromatic N) is 1. The highest BCUT2D eigenvalue weighted by Gasteiger charge is 2.20. The predicted octanol–water partition coefficient (Wildman–Crippen LogP) is 3.13. The van der Waals surface area contributed by atoms with Crippen LogP contribution in [0.2, 0.25) is 0 Å². The molecule has 0 unspecified atom stereocenters. The summed E-state index contributed by atoms with van der Waals surface area (Å²) in [6.07, 6.45) is 0.0548. The molecule has 2 aromatic rings. The van der Waals surface area contributed by atoms with E-state index in [1.807, 2.05) is 6.92 Å². The number of carbonyl (C=O) groups is 3. The number of hydrogen-bond acceptors (Lipinski definition) is 7. The first-order chi connectivity index (χ1) is 15.7. The molecular formula is C22H26N4O6S. The molecule has 11 heteroatoms. The third-order valence-electron chi connectivity index (χ3n) is 4.30. The summed E-state index contributed by atoms with van der Waals surface area (Å²) in [6, 6.07) is 11.8. The molecule has 33 heavy (non-hydrogen) atoms. The highest BCUT2D eigenvalue weighted by atomic mass is 32.2. The van der Waals surface area contributed by atoms with Gasteiger partial charge in [0.15, 0.2) is 0 Å². The maximum Gasteiger partial charge on any atom is 0.413 e. The quantitative estimate of drug-likeness (QED) is 0.416. The molecule has 0 atom stereocenters. The van der Waals surface area contributed by atoms with Gasteiger partial charge in [-0.1, -0.05) is 32.0 Å². The normalized spacial score (nSPS) is 11.4. The lowest BCUT2D eigenvalue weighted by Gasteiger charge is -2.13. The van der Waals surface area contributed by atoms with E-state index in [9.17, 15) is 22.8 Å². The second kappa shape index (κ2) is 11.8. The predicted molar refractivity (Wildman–Crippen MR) is 123 cm³/mol. The molecule has 0 aliphatic carbocycles. The zero-order valence-electron chi connectivity index (χ0n) is 18.5. The smallest absolute Gasteiger partial charge is 0.413 e. The molecule has 0 saturated heterocycles. The van der Waals surface area contributed by atoms with Crippen molar-refractivity contribution < 1.29 is 27.5 Å². The first-order valence-corrected chi connectivity index (χ1v) is 11.7. The number of nitrogens with one attached hydrogen (secondary N) is 3. The molecule has 2 aromatic carbocycles. The summed E-state index contributed by atoms with van der Waals surface area (Å²) in [5.74, 6) is -1.03. The lowest BCUT2D eigenvalue weighted by atomic mass is 10.2. The molecular weight excluding hydrogens is 448 g/mol. The zero-order valence-corrected chi connectivity index (χ0v) is 19.4. The standard InChI is InChI=1S/C22H26N4O6S/c1-4-9-20(28)23-17-13-12-16(33(30,31)15-10-7-6-8-11-15)14-18(17)24-21(25-19(27)5-2)26-22(29)32-3/h6-8,10-14H,4-5,9H2,1-3H3,(H,23,28)(H2,24,25,26,27,29). The molecule has 0 fully saturated rings. The molecule has 10 nitrogen and oxygen atoms in total. The van der Waals surface area contributed by atoms with Gasteiger partial charge in [0.1, 0.15) is 0 Å². The van der Waals surface area contributed by atoms with Crippen molar-refractivity contribution in [2.75, 3.05) is 12.4 Å². The van der Waals surface area contributed by atoms with E-state index in [0.717, 1.165) is 7.11 Å². The van der Waals surface area contributed by atoms with Crippen LogP contribution in [0.4, 0.5) is 16.2 Å². The van der Waals surface area contributed by atoms with E-state index in [0.29, 0.717) is 6.42 Å². The van der Waals surface area contributed by atoms with E-state index in [1.165, 1.54) is 30.3 Å². The van der Waals surface area contributed by atoms with E-state index in [1.54, 1.807) is 25.1 Å². The average molecular weight is 475 g/mol. The van der Waals surface area contributed by atoms with E-state index in [2.05, 4.69) is 25.7 Å². The average Bonchev–Trinajstić information content (AvgIpc) is 2.80. The van der Waals surface area contributed by atoms with Crippen molar-refractivity contribution in [3.05, 3.63) is 48.5 Å². The molecule has 3 N–H and O–H groups in total. The van der Waals surface area contributed by atoms with Gasteiger partial charge in [0, 0.05) is 12.8 Å². The van der Waals surface area contributed by atoms with Gasteiger partial charge >= 0.3 is 6.09 Å². The number of rotatable bonds is 7. The summed E-state index contributed by atoms with van der Waals surface area (Å²) in [5, 5.41) is 7.36. The summed E-state index contributed by atoms with van der Waals surface area (Å²) in [7, 11) is -2.75. The Morgan fingerprint density at radius 1 is 0.939 bits per heavy atom. The summed E-state index contributed by atoms with van der Waals surface area (Å²) in [6.45, 7) is 3.45. The van der Waals surface area contributed by atoms with Gasteiger partial charge in [-0.2, -0.15) is 0 Å². The zero-order chi connectivity index (χ0) is 24.4. The van der Waals surface area contributed by atoms with Crippen LogP contribution >= 0.6 is 0 Å². The van der Waals surface area contributed by atoms with E-state index in [-0.39, 0.29) is 45.9 Å². The fourth-order valence-corrected chi connectivity index (χ4v) is 3.93. The monoisotopic (exact) mass is 474 g/mol. The van der Waals surface area contributed by atoms with Gasteiger partial charge in [-0.15, -0.1) is 0 Å². The fourth-order valence-electron chi connectivity index (χ4n) is 2.63. The van der Waals surface area contributed by atoms with Gasteiger partial charge in [-0.05, 0) is 36.8 Å². The lowest BCUT2D eigenvalue weighted by molar-refractivity contribution is -0.119. The SMILES string of the molecule is CCCC(=O)Nc1ccc(S(=O)(=O)c2ccccc2)cc1N=C(NC(=O)CC)NC(=O)OC. The van der Waals surface area contributed by atoms with Gasteiger partial charge in [0.2, 0.25) is 27.6 Å². The Labute approximate surface area is 192 Å². The lowest BCUT2D eigenvalue weighted by Crippen LogP contribution is -2.43. The van der Waals surface area contributed by atoms with Crippen LogP contribution in [0.1, 0.15) is 33.1 Å². The molecule has 2 rings (SSSR count). The van der Waals surface area contributed by atoms with Crippen molar-refractivity contribution in [3.63, 3.8) is 0 Å². The molecule has 0 aliphatic heterocycles. The van der Waals surface area contributed by atoms with Crippen LogP contribution in [0.3, 0.4) is 0 Å². The van der Waals surface area contributed by atoms with Crippen molar-refractivity contribution >= 4 is 45.1 Å². The van der Waals surface area contributed by atoms with Gasteiger partial charge in [0.25, 0.3) is 0 Å². The van der Waals surface area contributed by atoms with Crippen LogP contribution in [-0.4, -0.2) is 39.4 Å². The molecule has 0 aliphatic rings. The summed E-state index contributed by atoms with van der Waals surface area (Å²) in [5.41, 5.74) is 0.217. The summed E-state index contributed by atoms with van der Waals surface area (Å²) >= 11 is 0. The van der Waals surface area contributed by atoms with Gasteiger partial charge < -0.3 is 10.1 Å². The minimum absolute atomic E-state index is 0.0132. The third-order valence-corrected chi connectivity index (χ3v) is 6.07. The third kappa shape index (κ3) is 7.14. The van der Waals surface area contributed by atoms with Gasteiger partial charge in [0.05, 0.1) is 28.3 Å². The minimum Gasteiger partial charge on any atom is -0.453 e. The topological polar surface area (TPSA) is 143 Å². The van der Waals surface area contributed by atoms with Crippen molar-refractivity contribution in [1.29, 1.82) is 0 Å². The van der Waals surface area contributed by atoms with Crippen LogP contribution in [0, 0.1) is 0 Å². The maximum atomic E-state index is 13.1. The second-order valence-corrected chi connectivity index (χ2v) is 8.72. The first kappa shape index (κ1) is 25.5. The summed E-state index contributed by atoms with van der Waals surface area (Å²) in [4.78, 5) is 40.0. The number of anilines is 1. The highest BCUT2D eigenvalue weighted by Crippen LogP contribution is 2.31. The molecule has 0 radical (unpaired) electrons. The van der Waals surface area contributed by atoms with Crippen molar-refractivity contribution in [2.24, 2.45) is 4.99 Å². The molecule has 0 spiro atoms. The minimum atomic E-state index is -3.89. The molecule has 0 heterocycles. The van der Waals surface area contributed by atoms with Gasteiger partial charge in [-0.25, -0.2) is 18.2 Å². The fraction of sp³-hybridized carbons (Fsp3) is 0.273. The second-order valence-electron chi connectivity index (χ2n) is 6.77. The Balaban J connectivity index is 2.61. The number of amides is 3. The van der Waals surface area contributed by atoms with Crippen LogP contribution in [0.5, 0.6) is 0 Å². The van der Waals surface area contributed by atoms with E-state index >= 15 is 0 Å². The maximum absolute atomic E-state index is 13.1. The number of benzene rings is 2. The Morgan fingerprint density at radius 3 is 2.24 bits per heavy atom. The van der Waals surface area contributed by atoms with Gasteiger partial charge in [-0.3, -0.25) is 20.2 Å². The van der Waals surface area contributed by atoms with Crippen LogP contribution in [-0.2, 0) is 24.2 Å². The highest BCUT2D eigenvalue weighted by molar-refractivity contribution is 7.91. The molecule has 0 saturated carbocycles. The number of ether oxygens (including phenoxy) is 1. The first-order valence-electron chi connectivity index (χ1n) is 10.2. The molecule has 0 aromatic heterocycles. The number of aliphatic imine (C=N–C) groups is 1. The number of hydrogen-bond donors (Lipinski definition) is 3. The molecule has 0 bridgehead atoms. The van der Waals surface area contributed by atoms with Crippen LogP contribution < -0.4 is 16.0 Å². The Hall–Kier alpha value is -3.73. The van der Waals surface area contributed by atoms with E-state index < -0.39 is 21.8 Å². The number of carbonyl (C=O) groups excluding carboxylic acids is 3. The number of guanidine groups is 1.